The van der Waals surface area contributed by atoms with E-state index in [1.54, 1.807) is 0 Å². The lowest BCUT2D eigenvalue weighted by Gasteiger charge is -2.33. The summed E-state index contributed by atoms with van der Waals surface area (Å²) in [4.78, 5) is 13.3. The van der Waals surface area contributed by atoms with Crippen LogP contribution in [-0.4, -0.2) is 109 Å². The summed E-state index contributed by atoms with van der Waals surface area (Å²) in [6.45, 7) is 13.0. The first-order valence-corrected chi connectivity index (χ1v) is 27.3. The number of ether oxygens (including phenoxy) is 2. The molecule has 1 amide bonds. The molecule has 0 fully saturated rings. The molecular formula is C54H111N6O3+. The second-order valence-electron chi connectivity index (χ2n) is 19.3. The van der Waals surface area contributed by atoms with Crippen molar-refractivity contribution in [3.8, 4) is 0 Å². The number of amides is 1. The summed E-state index contributed by atoms with van der Waals surface area (Å²) in [6, 6.07) is -0.203. The van der Waals surface area contributed by atoms with Gasteiger partial charge in [0.25, 0.3) is 0 Å². The first-order valence-electron chi connectivity index (χ1n) is 27.3. The van der Waals surface area contributed by atoms with Gasteiger partial charge >= 0.3 is 0 Å². The molecular weight excluding hydrogens is 781 g/mol. The van der Waals surface area contributed by atoms with Crippen LogP contribution in [0.15, 0.2) is 24.3 Å². The molecule has 0 aromatic carbocycles. The van der Waals surface area contributed by atoms with Crippen LogP contribution in [0.5, 0.6) is 0 Å². The molecule has 0 radical (unpaired) electrons. The van der Waals surface area contributed by atoms with E-state index in [1.165, 1.54) is 167 Å². The predicted octanol–water partition coefficient (Wildman–Crippen LogP) is 11.7. The van der Waals surface area contributed by atoms with E-state index < -0.39 is 0 Å². The molecule has 0 rings (SSSR count). The van der Waals surface area contributed by atoms with Crippen molar-refractivity contribution in [2.24, 2.45) is 11.5 Å². The second kappa shape index (κ2) is 50.1. The highest BCUT2D eigenvalue weighted by atomic mass is 16.5. The van der Waals surface area contributed by atoms with Crippen molar-refractivity contribution in [2.45, 2.75) is 231 Å². The minimum absolute atomic E-state index is 0.0467. The highest BCUT2D eigenvalue weighted by Gasteiger charge is 2.24. The van der Waals surface area contributed by atoms with Crippen molar-refractivity contribution >= 4 is 5.91 Å². The molecule has 9 heteroatoms. The van der Waals surface area contributed by atoms with E-state index >= 15 is 0 Å². The number of quaternary nitrogens is 1. The molecule has 0 saturated heterocycles. The van der Waals surface area contributed by atoms with Crippen LogP contribution in [0.1, 0.15) is 219 Å². The molecule has 7 N–H and O–H groups in total. The van der Waals surface area contributed by atoms with Crippen molar-refractivity contribution in [1.82, 2.24) is 16.0 Å². The number of nitrogens with two attached hydrogens (primary N) is 2. The van der Waals surface area contributed by atoms with Crippen LogP contribution in [0.2, 0.25) is 0 Å². The van der Waals surface area contributed by atoms with E-state index in [-0.39, 0.29) is 18.1 Å². The Bertz CT molecular complexity index is 979. The molecule has 0 aliphatic carbocycles. The Morgan fingerprint density at radius 2 is 0.984 bits per heavy atom. The summed E-state index contributed by atoms with van der Waals surface area (Å²) in [6.07, 6.45) is 50.0. The zero-order chi connectivity index (χ0) is 46.0. The standard InChI is InChI=1S/C54H110N6O3/c1-5-7-9-11-13-15-17-19-21-23-25-27-29-31-33-35-48-62-51-52(63-49-36-34-32-30-28-26-24-22-20-18-16-14-12-10-8-6-2)50-60(3,4)47-46-59-54(61)53(58-45-39-42-56)40-37-43-57-44-38-41-55/h19-22,52-53,57-58H,5-18,23-51,55-56H2,1-4H3/p+1. The Balaban J connectivity index is 4.64. The van der Waals surface area contributed by atoms with Crippen LogP contribution < -0.4 is 27.4 Å². The first-order chi connectivity index (χ1) is 30.9. The number of carbonyl (C=O) groups is 1. The topological polar surface area (TPSA) is 124 Å². The van der Waals surface area contributed by atoms with Gasteiger partial charge in [0.15, 0.2) is 0 Å². The Morgan fingerprint density at radius 1 is 0.540 bits per heavy atom. The summed E-state index contributed by atoms with van der Waals surface area (Å²) in [5.74, 6) is 0.0840. The minimum Gasteiger partial charge on any atom is -0.379 e. The maximum atomic E-state index is 13.3. The molecule has 0 heterocycles. The van der Waals surface area contributed by atoms with Gasteiger partial charge in [-0.25, -0.2) is 0 Å². The predicted molar refractivity (Wildman–Crippen MR) is 276 cm³/mol. The second-order valence-corrected chi connectivity index (χ2v) is 19.3. The number of nitrogens with one attached hydrogen (secondary N) is 3. The fraction of sp³-hybridized carbons (Fsp3) is 0.907. The lowest BCUT2D eigenvalue weighted by molar-refractivity contribution is -0.892. The highest BCUT2D eigenvalue weighted by Crippen LogP contribution is 2.13. The first kappa shape index (κ1) is 61.7. The molecule has 9 nitrogen and oxygen atoms in total. The molecule has 0 aromatic rings. The molecule has 63 heavy (non-hydrogen) atoms. The van der Waals surface area contributed by atoms with Crippen LogP contribution in [0.25, 0.3) is 0 Å². The van der Waals surface area contributed by atoms with E-state index in [9.17, 15) is 4.79 Å². The number of hydrogen-bond donors (Lipinski definition) is 5. The lowest BCUT2D eigenvalue weighted by Crippen LogP contribution is -2.52. The average Bonchev–Trinajstić information content (AvgIpc) is 3.27. The summed E-state index contributed by atoms with van der Waals surface area (Å²) in [5.41, 5.74) is 11.4. The average molecular weight is 893 g/mol. The fourth-order valence-electron chi connectivity index (χ4n) is 8.15. The molecule has 0 aliphatic rings. The third kappa shape index (κ3) is 47.0. The fourth-order valence-corrected chi connectivity index (χ4v) is 8.15. The summed E-state index contributed by atoms with van der Waals surface area (Å²) in [7, 11) is 4.50. The van der Waals surface area contributed by atoms with Gasteiger partial charge in [-0.1, -0.05) is 154 Å². The van der Waals surface area contributed by atoms with Crippen molar-refractivity contribution < 1.29 is 18.8 Å². The van der Waals surface area contributed by atoms with Gasteiger partial charge in [-0.3, -0.25) is 4.79 Å². The van der Waals surface area contributed by atoms with Gasteiger partial charge in [-0.2, -0.15) is 0 Å². The quantitative estimate of drug-likeness (QED) is 0.0234. The van der Waals surface area contributed by atoms with Crippen LogP contribution >= 0.6 is 0 Å². The van der Waals surface area contributed by atoms with Gasteiger partial charge in [0.2, 0.25) is 5.91 Å². The number of rotatable bonds is 52. The van der Waals surface area contributed by atoms with Crippen LogP contribution in [0.4, 0.5) is 0 Å². The van der Waals surface area contributed by atoms with Gasteiger partial charge in [0.1, 0.15) is 12.6 Å². The van der Waals surface area contributed by atoms with Gasteiger partial charge in [0, 0.05) is 13.2 Å². The maximum absolute atomic E-state index is 13.3. The number of unbranched alkanes of at least 4 members (excludes halogenated alkanes) is 24. The lowest BCUT2D eigenvalue weighted by atomic mass is 10.1. The zero-order valence-corrected chi connectivity index (χ0v) is 42.7. The Hall–Kier alpha value is -1.33. The monoisotopic (exact) mass is 892 g/mol. The van der Waals surface area contributed by atoms with Gasteiger partial charge in [-0.15, -0.1) is 0 Å². The molecule has 374 valence electrons. The van der Waals surface area contributed by atoms with E-state index in [0.29, 0.717) is 26.2 Å². The van der Waals surface area contributed by atoms with Crippen molar-refractivity contribution in [2.75, 3.05) is 86.3 Å². The largest absolute Gasteiger partial charge is 0.379 e. The smallest absolute Gasteiger partial charge is 0.237 e. The number of carbonyl (C=O) groups excluding carboxylic acids is 1. The summed E-state index contributed by atoms with van der Waals surface area (Å²) in [5, 5.41) is 10.1. The SMILES string of the molecule is CCCCCCCCC=CCCCCCCCCOCC(C[N+](C)(C)CCNC(=O)C(CCCNCCCN)NCCCN)OCCCCCCCCC=CCCCCCCCC. The molecule has 0 aliphatic heterocycles. The Morgan fingerprint density at radius 3 is 1.49 bits per heavy atom. The van der Waals surface area contributed by atoms with E-state index in [2.05, 4.69) is 68.2 Å². The normalized spacial score (nSPS) is 13.2. The zero-order valence-electron chi connectivity index (χ0n) is 42.7. The van der Waals surface area contributed by atoms with Gasteiger partial charge in [0.05, 0.1) is 39.8 Å². The number of likely N-dealkylation sites (N-methyl/N-ethyl adjacent to an activating group) is 1. The van der Waals surface area contributed by atoms with Crippen LogP contribution in [0, 0.1) is 0 Å². The number of hydrogen-bond acceptors (Lipinski definition) is 7. The van der Waals surface area contributed by atoms with Crippen molar-refractivity contribution in [3.05, 3.63) is 24.3 Å². The molecule has 0 aromatic heterocycles. The maximum Gasteiger partial charge on any atom is 0.237 e. The Labute approximate surface area is 392 Å². The molecule has 0 spiro atoms. The molecule has 2 unspecified atom stereocenters. The van der Waals surface area contributed by atoms with Crippen LogP contribution in [0.3, 0.4) is 0 Å². The molecule has 2 atom stereocenters. The highest BCUT2D eigenvalue weighted by molar-refractivity contribution is 5.81. The summed E-state index contributed by atoms with van der Waals surface area (Å²) >= 11 is 0. The van der Waals surface area contributed by atoms with Gasteiger partial charge in [-0.05, 0) is 123 Å². The third-order valence-electron chi connectivity index (χ3n) is 12.3. The Kier molecular flexibility index (Phi) is 49.0. The van der Waals surface area contributed by atoms with Gasteiger partial charge < -0.3 is 41.4 Å². The van der Waals surface area contributed by atoms with E-state index in [1.807, 2.05) is 0 Å². The number of nitrogens with zero attached hydrogens (tertiary/aromatic N) is 1. The van der Waals surface area contributed by atoms with Crippen molar-refractivity contribution in [1.29, 1.82) is 0 Å². The van der Waals surface area contributed by atoms with Crippen LogP contribution in [-0.2, 0) is 14.3 Å². The third-order valence-corrected chi connectivity index (χ3v) is 12.3. The minimum atomic E-state index is -0.203. The van der Waals surface area contributed by atoms with Crippen molar-refractivity contribution in [3.63, 3.8) is 0 Å². The molecule has 0 saturated carbocycles. The van der Waals surface area contributed by atoms with E-state index in [4.69, 9.17) is 20.9 Å². The number of allylic oxidation sites excluding steroid dienone is 4. The summed E-state index contributed by atoms with van der Waals surface area (Å²) < 4.78 is 13.6. The van der Waals surface area contributed by atoms with E-state index in [0.717, 1.165) is 88.9 Å². The molecule has 0 bridgehead atoms.